The zero-order valence-corrected chi connectivity index (χ0v) is 17.2. The van der Waals surface area contributed by atoms with Crippen molar-refractivity contribution in [2.24, 2.45) is 5.92 Å². The van der Waals surface area contributed by atoms with E-state index in [9.17, 15) is 9.59 Å². The number of nitrogens with one attached hydrogen (secondary N) is 1. The van der Waals surface area contributed by atoms with Crippen LogP contribution in [-0.4, -0.2) is 35.1 Å². The van der Waals surface area contributed by atoms with Gasteiger partial charge in [-0.2, -0.15) is 0 Å². The number of benzene rings is 2. The first-order valence-corrected chi connectivity index (χ1v) is 10.8. The van der Waals surface area contributed by atoms with Crippen molar-refractivity contribution < 1.29 is 4.79 Å². The highest BCUT2D eigenvalue weighted by Gasteiger charge is 2.23. The Morgan fingerprint density at radius 3 is 2.53 bits per heavy atom. The molecule has 1 amide bonds. The fraction of sp³-hybridized carbons (Fsp3) is 0.375. The number of nitrogens with zero attached hydrogens (tertiary/aromatic N) is 3. The number of amides is 1. The maximum absolute atomic E-state index is 13.5. The molecule has 5 rings (SSSR count). The Morgan fingerprint density at radius 1 is 1.10 bits per heavy atom. The van der Waals surface area contributed by atoms with Crippen LogP contribution in [0.5, 0.6) is 0 Å². The molecule has 1 aromatic heterocycles. The van der Waals surface area contributed by atoms with Crippen LogP contribution in [0.1, 0.15) is 41.6 Å². The first-order chi connectivity index (χ1) is 14.6. The molecule has 0 spiro atoms. The van der Waals surface area contributed by atoms with E-state index in [2.05, 4.69) is 10.2 Å². The highest BCUT2D eigenvalue weighted by Crippen LogP contribution is 2.28. The van der Waals surface area contributed by atoms with Crippen molar-refractivity contribution in [2.75, 3.05) is 24.5 Å². The predicted octanol–water partition coefficient (Wildman–Crippen LogP) is 3.43. The fourth-order valence-corrected chi connectivity index (χ4v) is 4.03. The third kappa shape index (κ3) is 3.58. The van der Waals surface area contributed by atoms with Gasteiger partial charge in [0, 0.05) is 25.2 Å². The molecule has 0 atom stereocenters. The molecule has 1 N–H and O–H groups in total. The summed E-state index contributed by atoms with van der Waals surface area (Å²) in [5.41, 5.74) is 2.98. The number of anilines is 1. The Hall–Kier alpha value is -3.15. The molecule has 3 aromatic rings. The van der Waals surface area contributed by atoms with E-state index in [4.69, 9.17) is 4.98 Å². The van der Waals surface area contributed by atoms with Gasteiger partial charge in [0.05, 0.1) is 16.6 Å². The first-order valence-electron chi connectivity index (χ1n) is 10.8. The van der Waals surface area contributed by atoms with Crippen molar-refractivity contribution in [1.82, 2.24) is 14.9 Å². The summed E-state index contributed by atoms with van der Waals surface area (Å²) in [7, 11) is 0. The Balaban J connectivity index is 1.61. The van der Waals surface area contributed by atoms with Crippen LogP contribution >= 0.6 is 0 Å². The standard InChI is InChI=1S/C24H26N4O2/c1-16-4-9-19(10-5-16)28-23(30)20-11-8-18(22(29)25-15-17-6-7-17)14-21(20)26-24(28)27-12-2-3-13-27/h4-5,8-11,14,17H,2-3,6-7,12-13,15H2,1H3,(H,25,29). The molecule has 1 aliphatic carbocycles. The number of fused-ring (bicyclic) bond motifs is 1. The summed E-state index contributed by atoms with van der Waals surface area (Å²) in [5.74, 6) is 1.18. The van der Waals surface area contributed by atoms with E-state index in [1.54, 1.807) is 22.8 Å². The molecule has 1 aliphatic heterocycles. The quantitative estimate of drug-likeness (QED) is 0.710. The lowest BCUT2D eigenvalue weighted by Gasteiger charge is -2.22. The second-order valence-corrected chi connectivity index (χ2v) is 8.47. The van der Waals surface area contributed by atoms with Gasteiger partial charge in [0.1, 0.15) is 0 Å². The van der Waals surface area contributed by atoms with E-state index in [1.165, 1.54) is 12.8 Å². The van der Waals surface area contributed by atoms with Crippen molar-refractivity contribution in [2.45, 2.75) is 32.6 Å². The molecule has 0 radical (unpaired) electrons. The Morgan fingerprint density at radius 2 is 1.83 bits per heavy atom. The first kappa shape index (κ1) is 18.9. The summed E-state index contributed by atoms with van der Waals surface area (Å²) < 4.78 is 1.71. The largest absolute Gasteiger partial charge is 0.352 e. The average Bonchev–Trinajstić information content (AvgIpc) is 3.43. The second-order valence-electron chi connectivity index (χ2n) is 8.47. The molecule has 0 unspecified atom stereocenters. The van der Waals surface area contributed by atoms with Crippen LogP contribution < -0.4 is 15.8 Å². The maximum Gasteiger partial charge on any atom is 0.267 e. The molecule has 2 aliphatic rings. The van der Waals surface area contributed by atoms with Crippen molar-refractivity contribution in [1.29, 1.82) is 0 Å². The molecule has 0 bridgehead atoms. The zero-order chi connectivity index (χ0) is 20.7. The lowest BCUT2D eigenvalue weighted by atomic mass is 10.1. The summed E-state index contributed by atoms with van der Waals surface area (Å²) in [6, 6.07) is 13.1. The van der Waals surface area contributed by atoms with Crippen LogP contribution in [-0.2, 0) is 0 Å². The van der Waals surface area contributed by atoms with E-state index in [0.717, 1.165) is 43.7 Å². The van der Waals surface area contributed by atoms with Crippen molar-refractivity contribution in [3.05, 3.63) is 63.9 Å². The summed E-state index contributed by atoms with van der Waals surface area (Å²) in [4.78, 5) is 33.1. The summed E-state index contributed by atoms with van der Waals surface area (Å²) in [6.45, 7) is 4.51. The van der Waals surface area contributed by atoms with Gasteiger partial charge in [0.25, 0.3) is 11.5 Å². The Labute approximate surface area is 175 Å². The van der Waals surface area contributed by atoms with Crippen LogP contribution in [0, 0.1) is 12.8 Å². The van der Waals surface area contributed by atoms with Crippen molar-refractivity contribution >= 4 is 22.8 Å². The van der Waals surface area contributed by atoms with E-state index in [-0.39, 0.29) is 11.5 Å². The smallest absolute Gasteiger partial charge is 0.267 e. The monoisotopic (exact) mass is 402 g/mol. The molecule has 1 saturated heterocycles. The van der Waals surface area contributed by atoms with Crippen LogP contribution in [0.25, 0.3) is 16.6 Å². The van der Waals surface area contributed by atoms with E-state index in [1.807, 2.05) is 31.2 Å². The third-order valence-electron chi connectivity index (χ3n) is 6.04. The molecule has 1 saturated carbocycles. The van der Waals surface area contributed by atoms with Crippen LogP contribution in [0.3, 0.4) is 0 Å². The maximum atomic E-state index is 13.5. The van der Waals surface area contributed by atoms with Crippen LogP contribution in [0.4, 0.5) is 5.95 Å². The molecule has 2 aromatic carbocycles. The molecule has 6 nitrogen and oxygen atoms in total. The molecule has 30 heavy (non-hydrogen) atoms. The Bertz CT molecular complexity index is 1160. The predicted molar refractivity (Wildman–Crippen MR) is 119 cm³/mol. The number of carbonyl (C=O) groups is 1. The third-order valence-corrected chi connectivity index (χ3v) is 6.04. The average molecular weight is 402 g/mol. The minimum atomic E-state index is -0.101. The number of rotatable bonds is 5. The molecule has 2 heterocycles. The van der Waals surface area contributed by atoms with Gasteiger partial charge in [-0.1, -0.05) is 17.7 Å². The number of hydrogen-bond donors (Lipinski definition) is 1. The highest BCUT2D eigenvalue weighted by atomic mass is 16.1. The topological polar surface area (TPSA) is 67.2 Å². The SMILES string of the molecule is Cc1ccc(-n2c(N3CCCC3)nc3cc(C(=O)NCC4CC4)ccc3c2=O)cc1. The molecule has 154 valence electrons. The number of hydrogen-bond acceptors (Lipinski definition) is 4. The Kier molecular flexibility index (Phi) is 4.77. The second kappa shape index (κ2) is 7.59. The van der Waals surface area contributed by atoms with Gasteiger partial charge < -0.3 is 10.2 Å². The fourth-order valence-electron chi connectivity index (χ4n) is 4.03. The summed E-state index contributed by atoms with van der Waals surface area (Å²) in [6.07, 6.45) is 4.56. The van der Waals surface area contributed by atoms with E-state index < -0.39 is 0 Å². The molecule has 6 heteroatoms. The lowest BCUT2D eigenvalue weighted by molar-refractivity contribution is 0.0952. The van der Waals surface area contributed by atoms with Gasteiger partial charge in [-0.25, -0.2) is 9.55 Å². The molecule has 2 fully saturated rings. The summed E-state index contributed by atoms with van der Waals surface area (Å²) in [5, 5.41) is 3.52. The van der Waals surface area contributed by atoms with Gasteiger partial charge in [-0.05, 0) is 68.9 Å². The lowest BCUT2D eigenvalue weighted by Crippen LogP contribution is -2.30. The van der Waals surface area contributed by atoms with E-state index in [0.29, 0.717) is 28.3 Å². The molecular formula is C24H26N4O2. The molecular weight excluding hydrogens is 376 g/mol. The van der Waals surface area contributed by atoms with Crippen molar-refractivity contribution in [3.63, 3.8) is 0 Å². The number of aromatic nitrogens is 2. The zero-order valence-electron chi connectivity index (χ0n) is 17.2. The van der Waals surface area contributed by atoms with Crippen molar-refractivity contribution in [3.8, 4) is 5.69 Å². The number of aryl methyl sites for hydroxylation is 1. The van der Waals surface area contributed by atoms with Gasteiger partial charge in [-0.3, -0.25) is 9.59 Å². The van der Waals surface area contributed by atoms with Crippen LogP contribution in [0.15, 0.2) is 47.3 Å². The van der Waals surface area contributed by atoms with Gasteiger partial charge in [0.2, 0.25) is 5.95 Å². The van der Waals surface area contributed by atoms with Gasteiger partial charge >= 0.3 is 0 Å². The minimum Gasteiger partial charge on any atom is -0.352 e. The normalized spacial score (nSPS) is 16.2. The van der Waals surface area contributed by atoms with Gasteiger partial charge in [-0.15, -0.1) is 0 Å². The van der Waals surface area contributed by atoms with Crippen LogP contribution in [0.2, 0.25) is 0 Å². The summed E-state index contributed by atoms with van der Waals surface area (Å²) >= 11 is 0. The number of carbonyl (C=O) groups excluding carboxylic acids is 1. The highest BCUT2D eigenvalue weighted by molar-refractivity contribution is 5.97. The minimum absolute atomic E-state index is 0.101. The van der Waals surface area contributed by atoms with E-state index >= 15 is 0 Å². The van der Waals surface area contributed by atoms with Gasteiger partial charge in [0.15, 0.2) is 0 Å².